The van der Waals surface area contributed by atoms with E-state index in [-0.39, 0.29) is 36.8 Å². The molecule has 0 saturated carbocycles. The lowest BCUT2D eigenvalue weighted by Gasteiger charge is -2.34. The molecule has 0 aliphatic carbocycles. The maximum absolute atomic E-state index is 13.4. The minimum Gasteiger partial charge on any atom is -0.323 e. The SMILES string of the molecule is O=C1CN(C(=O)CN2CCC(n3nnc4cc(F)ccc43)CC2)c2ccccc2N1. The third kappa shape index (κ3) is 3.41. The molecule has 1 fully saturated rings. The zero-order valence-electron chi connectivity index (χ0n) is 16.3. The Morgan fingerprint density at radius 3 is 2.80 bits per heavy atom. The van der Waals surface area contributed by atoms with Crippen LogP contribution in [0.3, 0.4) is 0 Å². The third-order valence-corrected chi connectivity index (χ3v) is 5.77. The molecule has 0 spiro atoms. The number of fused-ring (bicyclic) bond motifs is 2. The minimum atomic E-state index is -0.323. The van der Waals surface area contributed by atoms with Crippen LogP contribution in [0.4, 0.5) is 15.8 Å². The molecule has 9 heteroatoms. The Kier molecular flexibility index (Phi) is 4.66. The highest BCUT2D eigenvalue weighted by Gasteiger charge is 2.29. The number of halogens is 1. The van der Waals surface area contributed by atoms with E-state index >= 15 is 0 Å². The van der Waals surface area contributed by atoms with Gasteiger partial charge in [-0.2, -0.15) is 0 Å². The van der Waals surface area contributed by atoms with Crippen molar-refractivity contribution < 1.29 is 14.0 Å². The molecule has 0 bridgehead atoms. The minimum absolute atomic E-state index is 0.0355. The summed E-state index contributed by atoms with van der Waals surface area (Å²) in [6, 6.07) is 12.0. The number of likely N-dealkylation sites (tertiary alicyclic amines) is 1. The maximum Gasteiger partial charge on any atom is 0.244 e. The number of piperidine rings is 1. The summed E-state index contributed by atoms with van der Waals surface area (Å²) in [6.07, 6.45) is 1.64. The molecule has 0 atom stereocenters. The largest absolute Gasteiger partial charge is 0.323 e. The molecule has 8 nitrogen and oxygen atoms in total. The molecule has 2 aromatic carbocycles. The Bertz CT molecular complexity index is 1120. The van der Waals surface area contributed by atoms with Gasteiger partial charge >= 0.3 is 0 Å². The van der Waals surface area contributed by atoms with Gasteiger partial charge in [-0.1, -0.05) is 17.3 Å². The van der Waals surface area contributed by atoms with Gasteiger partial charge in [-0.3, -0.25) is 19.4 Å². The first kappa shape index (κ1) is 18.7. The van der Waals surface area contributed by atoms with Crippen LogP contribution >= 0.6 is 0 Å². The smallest absolute Gasteiger partial charge is 0.244 e. The first-order valence-electron chi connectivity index (χ1n) is 10.0. The van der Waals surface area contributed by atoms with E-state index < -0.39 is 0 Å². The second kappa shape index (κ2) is 7.49. The average Bonchev–Trinajstić information content (AvgIpc) is 3.16. The van der Waals surface area contributed by atoms with Crippen LogP contribution in [-0.2, 0) is 9.59 Å². The molecule has 1 N–H and O–H groups in total. The molecule has 1 aromatic heterocycles. The summed E-state index contributed by atoms with van der Waals surface area (Å²) in [7, 11) is 0. The Hall–Kier alpha value is -3.33. The molecule has 1 saturated heterocycles. The Morgan fingerprint density at radius 2 is 1.97 bits per heavy atom. The van der Waals surface area contributed by atoms with E-state index in [1.807, 2.05) is 22.9 Å². The van der Waals surface area contributed by atoms with Gasteiger partial charge in [-0.25, -0.2) is 9.07 Å². The van der Waals surface area contributed by atoms with Gasteiger partial charge in [-0.15, -0.1) is 5.10 Å². The van der Waals surface area contributed by atoms with Crippen LogP contribution in [0.5, 0.6) is 0 Å². The number of aromatic nitrogens is 3. The fraction of sp³-hybridized carbons (Fsp3) is 0.333. The fourth-order valence-electron chi connectivity index (χ4n) is 4.24. The topological polar surface area (TPSA) is 83.4 Å². The third-order valence-electron chi connectivity index (χ3n) is 5.77. The van der Waals surface area contributed by atoms with E-state index in [4.69, 9.17) is 0 Å². The number of amides is 2. The van der Waals surface area contributed by atoms with E-state index in [9.17, 15) is 14.0 Å². The monoisotopic (exact) mass is 408 g/mol. The number of anilines is 2. The lowest BCUT2D eigenvalue weighted by Crippen LogP contribution is -2.48. The van der Waals surface area contributed by atoms with Crippen molar-refractivity contribution in [1.29, 1.82) is 0 Å². The Labute approximate surface area is 172 Å². The predicted molar refractivity (Wildman–Crippen MR) is 110 cm³/mol. The van der Waals surface area contributed by atoms with Crippen molar-refractivity contribution in [3.8, 4) is 0 Å². The molecule has 3 aromatic rings. The number of hydrogen-bond acceptors (Lipinski definition) is 5. The molecule has 3 heterocycles. The second-order valence-electron chi connectivity index (χ2n) is 7.72. The normalized spacial score (nSPS) is 17.8. The molecule has 154 valence electrons. The van der Waals surface area contributed by atoms with Crippen LogP contribution in [0.15, 0.2) is 42.5 Å². The van der Waals surface area contributed by atoms with E-state index in [0.29, 0.717) is 11.2 Å². The van der Waals surface area contributed by atoms with E-state index in [1.54, 1.807) is 17.0 Å². The summed E-state index contributed by atoms with van der Waals surface area (Å²) in [6.45, 7) is 1.77. The highest BCUT2D eigenvalue weighted by molar-refractivity contribution is 6.10. The summed E-state index contributed by atoms with van der Waals surface area (Å²) in [5.41, 5.74) is 2.77. The number of nitrogens with one attached hydrogen (secondary N) is 1. The molecule has 5 rings (SSSR count). The van der Waals surface area contributed by atoms with Crippen molar-refractivity contribution in [2.45, 2.75) is 18.9 Å². The fourth-order valence-corrected chi connectivity index (χ4v) is 4.24. The lowest BCUT2D eigenvalue weighted by molar-refractivity contribution is -0.122. The van der Waals surface area contributed by atoms with E-state index in [2.05, 4.69) is 20.5 Å². The van der Waals surface area contributed by atoms with Crippen LogP contribution in [-0.4, -0.2) is 57.9 Å². The van der Waals surface area contributed by atoms with Crippen molar-refractivity contribution in [3.63, 3.8) is 0 Å². The maximum atomic E-state index is 13.4. The van der Waals surface area contributed by atoms with Crippen LogP contribution in [0.25, 0.3) is 11.0 Å². The molecule has 2 amide bonds. The summed E-state index contributed by atoms with van der Waals surface area (Å²) < 4.78 is 15.2. The van der Waals surface area contributed by atoms with Crippen LogP contribution < -0.4 is 10.2 Å². The summed E-state index contributed by atoms with van der Waals surface area (Å²) >= 11 is 0. The summed E-state index contributed by atoms with van der Waals surface area (Å²) in [5, 5.41) is 11.1. The van der Waals surface area contributed by atoms with Gasteiger partial charge in [-0.05, 0) is 37.1 Å². The van der Waals surface area contributed by atoms with E-state index in [1.165, 1.54) is 12.1 Å². The quantitative estimate of drug-likeness (QED) is 0.718. The van der Waals surface area contributed by atoms with Gasteiger partial charge in [0.2, 0.25) is 11.8 Å². The highest BCUT2D eigenvalue weighted by Crippen LogP contribution is 2.30. The number of hydrogen-bond donors (Lipinski definition) is 1. The van der Waals surface area contributed by atoms with E-state index in [0.717, 1.165) is 37.1 Å². The van der Waals surface area contributed by atoms with Gasteiger partial charge in [0.1, 0.15) is 17.9 Å². The van der Waals surface area contributed by atoms with Gasteiger partial charge in [0.15, 0.2) is 0 Å². The summed E-state index contributed by atoms with van der Waals surface area (Å²) in [5.74, 6) is -0.594. The first-order valence-corrected chi connectivity index (χ1v) is 10.0. The molecule has 2 aliphatic rings. The van der Waals surface area contributed by atoms with Crippen LogP contribution in [0.2, 0.25) is 0 Å². The van der Waals surface area contributed by atoms with Gasteiger partial charge < -0.3 is 5.32 Å². The zero-order chi connectivity index (χ0) is 20.7. The van der Waals surface area contributed by atoms with Gasteiger partial charge in [0.05, 0.1) is 29.5 Å². The van der Waals surface area contributed by atoms with Gasteiger partial charge in [0.25, 0.3) is 0 Å². The number of carbonyl (C=O) groups is 2. The molecular weight excluding hydrogens is 387 g/mol. The number of benzene rings is 2. The standard InChI is InChI=1S/C21H21FN6O2/c22-14-5-6-19-17(11-14)24-25-28(19)15-7-9-26(10-8-15)13-21(30)27-12-20(29)23-16-3-1-2-4-18(16)27/h1-6,11,15H,7-10,12-13H2,(H,23,29). The number of para-hydroxylation sites is 2. The summed E-state index contributed by atoms with van der Waals surface area (Å²) in [4.78, 5) is 28.6. The molecule has 2 aliphatic heterocycles. The average molecular weight is 408 g/mol. The molecule has 0 radical (unpaired) electrons. The molecular formula is C21H21FN6O2. The van der Waals surface area contributed by atoms with Gasteiger partial charge in [0, 0.05) is 19.2 Å². The second-order valence-corrected chi connectivity index (χ2v) is 7.72. The Morgan fingerprint density at radius 1 is 1.17 bits per heavy atom. The van der Waals surface area contributed by atoms with Crippen molar-refractivity contribution >= 4 is 34.2 Å². The first-order chi connectivity index (χ1) is 14.6. The van der Waals surface area contributed by atoms with Crippen molar-refractivity contribution in [1.82, 2.24) is 19.9 Å². The molecule has 0 unspecified atom stereocenters. The highest BCUT2D eigenvalue weighted by atomic mass is 19.1. The number of rotatable bonds is 3. The molecule has 30 heavy (non-hydrogen) atoms. The lowest BCUT2D eigenvalue weighted by atomic mass is 10.0. The van der Waals surface area contributed by atoms with Crippen LogP contribution in [0, 0.1) is 5.82 Å². The number of nitrogens with zero attached hydrogens (tertiary/aromatic N) is 5. The Balaban J connectivity index is 1.24. The zero-order valence-corrected chi connectivity index (χ0v) is 16.3. The number of carbonyl (C=O) groups excluding carboxylic acids is 2. The van der Waals surface area contributed by atoms with Crippen LogP contribution in [0.1, 0.15) is 18.9 Å². The van der Waals surface area contributed by atoms with Crippen molar-refractivity contribution in [3.05, 3.63) is 48.3 Å². The predicted octanol–water partition coefficient (Wildman–Crippen LogP) is 2.19. The van der Waals surface area contributed by atoms with Crippen molar-refractivity contribution in [2.75, 3.05) is 36.4 Å². The van der Waals surface area contributed by atoms with Crippen molar-refractivity contribution in [2.24, 2.45) is 0 Å².